The van der Waals surface area contributed by atoms with Gasteiger partial charge in [0.1, 0.15) is 0 Å². The van der Waals surface area contributed by atoms with Crippen LogP contribution in [0.3, 0.4) is 0 Å². The lowest BCUT2D eigenvalue weighted by Crippen LogP contribution is -2.44. The zero-order chi connectivity index (χ0) is 12.1. The molecule has 1 rings (SSSR count). The van der Waals surface area contributed by atoms with Crippen molar-refractivity contribution in [3.63, 3.8) is 0 Å². The summed E-state index contributed by atoms with van der Waals surface area (Å²) >= 11 is 0. The van der Waals surface area contributed by atoms with Crippen LogP contribution in [0.25, 0.3) is 0 Å². The molecule has 0 aliphatic carbocycles. The van der Waals surface area contributed by atoms with Gasteiger partial charge in [0, 0.05) is 19.5 Å². The predicted octanol–water partition coefficient (Wildman–Crippen LogP) is 2.46. The predicted molar refractivity (Wildman–Crippen MR) is 70.4 cm³/mol. The highest BCUT2D eigenvalue weighted by Crippen LogP contribution is 2.18. The summed E-state index contributed by atoms with van der Waals surface area (Å²) in [5.41, 5.74) is 1.35. The molecule has 0 aromatic carbocycles. The van der Waals surface area contributed by atoms with Crippen molar-refractivity contribution in [2.45, 2.75) is 40.2 Å². The summed E-state index contributed by atoms with van der Waals surface area (Å²) in [6, 6.07) is 0.454. The van der Waals surface area contributed by atoms with Crippen LogP contribution < -0.4 is 5.32 Å². The summed E-state index contributed by atoms with van der Waals surface area (Å²) in [6.45, 7) is 14.6. The number of hydrogen-bond acceptors (Lipinski definition) is 3. The second-order valence-electron chi connectivity index (χ2n) is 5.20. The van der Waals surface area contributed by atoms with Crippen LogP contribution in [0.4, 0.5) is 0 Å². The third kappa shape index (κ3) is 3.63. The van der Waals surface area contributed by atoms with Gasteiger partial charge in [-0.25, -0.2) is 0 Å². The smallest absolute Gasteiger partial charge is 0.0646 e. The van der Waals surface area contributed by atoms with Crippen LogP contribution >= 0.6 is 0 Å². The highest BCUT2D eigenvalue weighted by atomic mass is 15.5. The highest BCUT2D eigenvalue weighted by Gasteiger charge is 2.22. The van der Waals surface area contributed by atoms with Gasteiger partial charge in [-0.3, -0.25) is 5.01 Å². The average Bonchev–Trinajstić information content (AvgIpc) is 2.25. The molecule has 0 saturated carbocycles. The van der Waals surface area contributed by atoms with E-state index in [1.54, 1.807) is 0 Å². The Bertz CT molecular complexity index is 258. The van der Waals surface area contributed by atoms with E-state index in [4.69, 9.17) is 0 Å². The fourth-order valence-electron chi connectivity index (χ4n) is 1.95. The van der Waals surface area contributed by atoms with E-state index in [-0.39, 0.29) is 0 Å². The molecule has 3 nitrogen and oxygen atoms in total. The van der Waals surface area contributed by atoms with Crippen LogP contribution in [0.2, 0.25) is 0 Å². The van der Waals surface area contributed by atoms with Crippen molar-refractivity contribution in [3.05, 3.63) is 11.8 Å². The molecule has 0 aromatic rings. The normalized spacial score (nSPS) is 26.9. The molecule has 1 fully saturated rings. The molecule has 2 unspecified atom stereocenters. The third-order valence-corrected chi connectivity index (χ3v) is 3.33. The Balaban J connectivity index is 2.66. The van der Waals surface area contributed by atoms with Crippen LogP contribution in [0, 0.1) is 11.8 Å². The van der Waals surface area contributed by atoms with E-state index in [1.165, 1.54) is 12.0 Å². The highest BCUT2D eigenvalue weighted by molar-refractivity contribution is 5.23. The molecule has 1 heterocycles. The van der Waals surface area contributed by atoms with Gasteiger partial charge in [-0.2, -0.15) is 5.10 Å². The van der Waals surface area contributed by atoms with Gasteiger partial charge < -0.3 is 5.32 Å². The van der Waals surface area contributed by atoms with Gasteiger partial charge in [0.2, 0.25) is 0 Å². The summed E-state index contributed by atoms with van der Waals surface area (Å²) in [5, 5.41) is 9.60. The lowest BCUT2D eigenvalue weighted by Gasteiger charge is -2.33. The molecule has 0 bridgehead atoms. The molecule has 1 saturated heterocycles. The fraction of sp³-hybridized carbons (Fsp3) is 0.769. The second kappa shape index (κ2) is 6.04. The standard InChI is InChI=1S/C13H25N3/c1-10(2)12(4)9-16(14-5)13-6-11(3)7-15-8-13/h9-11,13,15H,5-8H2,1-4H3/b12-9+. The van der Waals surface area contributed by atoms with E-state index in [0.29, 0.717) is 12.0 Å². The molecule has 1 aliphatic rings. The lowest BCUT2D eigenvalue weighted by atomic mass is 9.97. The first-order valence-electron chi connectivity index (χ1n) is 6.18. The van der Waals surface area contributed by atoms with Crippen LogP contribution in [-0.2, 0) is 0 Å². The SMILES string of the molecule is C=NN(/C=C(\C)C(C)C)C1CNCC(C)C1. The molecule has 16 heavy (non-hydrogen) atoms. The van der Waals surface area contributed by atoms with Gasteiger partial charge in [-0.15, -0.1) is 0 Å². The zero-order valence-corrected chi connectivity index (χ0v) is 11.0. The largest absolute Gasteiger partial charge is 0.314 e. The van der Waals surface area contributed by atoms with E-state index in [2.05, 4.69) is 51.0 Å². The maximum absolute atomic E-state index is 4.14. The van der Waals surface area contributed by atoms with Crippen LogP contribution in [0.5, 0.6) is 0 Å². The van der Waals surface area contributed by atoms with E-state index in [0.717, 1.165) is 19.0 Å². The number of piperidine rings is 1. The Morgan fingerprint density at radius 2 is 2.19 bits per heavy atom. The minimum absolute atomic E-state index is 0.454. The van der Waals surface area contributed by atoms with Crippen molar-refractivity contribution in [2.75, 3.05) is 13.1 Å². The number of nitrogens with zero attached hydrogens (tertiary/aromatic N) is 2. The molecule has 0 aromatic heterocycles. The minimum Gasteiger partial charge on any atom is -0.314 e. The summed E-state index contributed by atoms with van der Waals surface area (Å²) in [5.74, 6) is 1.29. The molecule has 3 heteroatoms. The first kappa shape index (κ1) is 13.2. The van der Waals surface area contributed by atoms with Crippen LogP contribution in [-0.4, -0.2) is 30.9 Å². The Morgan fingerprint density at radius 3 is 2.69 bits per heavy atom. The Kier molecular flexibility index (Phi) is 5.00. The van der Waals surface area contributed by atoms with Gasteiger partial charge in [0.25, 0.3) is 0 Å². The summed E-state index contributed by atoms with van der Waals surface area (Å²) in [6.07, 6.45) is 3.33. The van der Waals surface area contributed by atoms with E-state index < -0.39 is 0 Å². The Hall–Kier alpha value is -0.830. The van der Waals surface area contributed by atoms with Gasteiger partial charge in [-0.1, -0.05) is 26.3 Å². The second-order valence-corrected chi connectivity index (χ2v) is 5.20. The summed E-state index contributed by atoms with van der Waals surface area (Å²) in [4.78, 5) is 0. The number of rotatable bonds is 4. The van der Waals surface area contributed by atoms with Crippen molar-refractivity contribution in [1.82, 2.24) is 10.3 Å². The maximum atomic E-state index is 4.14. The summed E-state index contributed by atoms with van der Waals surface area (Å²) in [7, 11) is 0. The van der Waals surface area contributed by atoms with E-state index in [1.807, 2.05) is 5.01 Å². The van der Waals surface area contributed by atoms with Gasteiger partial charge in [0.15, 0.2) is 0 Å². The summed E-state index contributed by atoms with van der Waals surface area (Å²) < 4.78 is 0. The van der Waals surface area contributed by atoms with Crippen molar-refractivity contribution in [3.8, 4) is 0 Å². The van der Waals surface area contributed by atoms with Crippen LogP contribution in [0.1, 0.15) is 34.1 Å². The number of hydrazone groups is 1. The quantitative estimate of drug-likeness (QED) is 0.585. The molecule has 92 valence electrons. The van der Waals surface area contributed by atoms with Crippen molar-refractivity contribution in [2.24, 2.45) is 16.9 Å². The Labute approximate surface area is 99.6 Å². The number of nitrogens with one attached hydrogen (secondary N) is 1. The molecule has 1 N–H and O–H groups in total. The Morgan fingerprint density at radius 1 is 1.50 bits per heavy atom. The molecular weight excluding hydrogens is 198 g/mol. The maximum Gasteiger partial charge on any atom is 0.0646 e. The van der Waals surface area contributed by atoms with Crippen molar-refractivity contribution >= 4 is 6.72 Å². The molecule has 0 spiro atoms. The molecule has 2 atom stereocenters. The third-order valence-electron chi connectivity index (χ3n) is 3.33. The van der Waals surface area contributed by atoms with Gasteiger partial charge in [0.05, 0.1) is 6.04 Å². The first-order valence-corrected chi connectivity index (χ1v) is 6.18. The fourth-order valence-corrected chi connectivity index (χ4v) is 1.95. The molecular formula is C13H25N3. The lowest BCUT2D eigenvalue weighted by molar-refractivity contribution is 0.204. The minimum atomic E-state index is 0.454. The van der Waals surface area contributed by atoms with Gasteiger partial charge in [-0.05, 0) is 31.7 Å². The van der Waals surface area contributed by atoms with Gasteiger partial charge >= 0.3 is 0 Å². The first-order chi connectivity index (χ1) is 7.54. The zero-order valence-electron chi connectivity index (χ0n) is 11.0. The monoisotopic (exact) mass is 223 g/mol. The van der Waals surface area contributed by atoms with E-state index >= 15 is 0 Å². The number of hydrogen-bond donors (Lipinski definition) is 1. The molecule has 1 aliphatic heterocycles. The molecule has 0 radical (unpaired) electrons. The van der Waals surface area contributed by atoms with Crippen molar-refractivity contribution in [1.29, 1.82) is 0 Å². The van der Waals surface area contributed by atoms with E-state index in [9.17, 15) is 0 Å². The topological polar surface area (TPSA) is 27.6 Å². The average molecular weight is 223 g/mol. The number of allylic oxidation sites excluding steroid dienone is 1. The molecule has 0 amide bonds. The van der Waals surface area contributed by atoms with Crippen LogP contribution in [0.15, 0.2) is 16.9 Å². The van der Waals surface area contributed by atoms with Crippen molar-refractivity contribution < 1.29 is 0 Å².